The summed E-state index contributed by atoms with van der Waals surface area (Å²) in [4.78, 5) is 13.2. The van der Waals surface area contributed by atoms with E-state index in [1.807, 2.05) is 0 Å². The molecule has 1 heterocycles. The summed E-state index contributed by atoms with van der Waals surface area (Å²) in [5.74, 6) is 0.298. The van der Waals surface area contributed by atoms with Crippen LogP contribution < -0.4 is 0 Å². The average molecular weight is 220 g/mol. The molecule has 0 aromatic carbocycles. The van der Waals surface area contributed by atoms with E-state index >= 15 is 0 Å². The Bertz CT molecular complexity index is 132. The molecule has 2 nitrogen and oxygen atoms in total. The third-order valence-corrected chi connectivity index (χ3v) is 2.62. The number of nitrogens with zero attached hydrogens (tertiary/aromatic N) is 1. The summed E-state index contributed by atoms with van der Waals surface area (Å²) in [6, 6.07) is 0. The minimum atomic E-state index is 0.298. The molecule has 0 aliphatic carbocycles. The Morgan fingerprint density at radius 1 is 1.27 bits per heavy atom. The molecule has 0 radical (unpaired) electrons. The number of Topliss-reactive ketones (excluding diaryl/α,β-unsaturated/α-hetero) is 1. The largest absolute Gasteiger partial charge is 0.297 e. The molecule has 64 valence electrons. The van der Waals surface area contributed by atoms with Crippen LogP contribution in [0.15, 0.2) is 0 Å². The number of hydrogen-bond acceptors (Lipinski definition) is 2. The van der Waals surface area contributed by atoms with Gasteiger partial charge in [0.25, 0.3) is 0 Å². The number of carbonyl (C=O) groups excluding carboxylic acids is 1. The standard InChI is InChI=1S/C8H14BrNO/c9-6-8(11)7-10-4-2-1-3-5-10/h1-7H2. The summed E-state index contributed by atoms with van der Waals surface area (Å²) in [5, 5.41) is 0.503. The average Bonchev–Trinajstić information content (AvgIpc) is 2.06. The van der Waals surface area contributed by atoms with Gasteiger partial charge in [0.1, 0.15) is 0 Å². The number of ketones is 1. The first-order valence-corrected chi connectivity index (χ1v) is 5.25. The number of alkyl halides is 1. The minimum Gasteiger partial charge on any atom is -0.297 e. The maximum Gasteiger partial charge on any atom is 0.157 e. The molecule has 1 aliphatic heterocycles. The maximum absolute atomic E-state index is 11.0. The van der Waals surface area contributed by atoms with Crippen LogP contribution in [0.5, 0.6) is 0 Å². The van der Waals surface area contributed by atoms with Crippen molar-refractivity contribution >= 4 is 21.7 Å². The topological polar surface area (TPSA) is 20.3 Å². The Morgan fingerprint density at radius 2 is 1.91 bits per heavy atom. The second-order valence-electron chi connectivity index (χ2n) is 3.01. The summed E-state index contributed by atoms with van der Waals surface area (Å²) in [6.07, 6.45) is 3.85. The van der Waals surface area contributed by atoms with Crippen molar-refractivity contribution in [3.05, 3.63) is 0 Å². The third kappa shape index (κ3) is 3.34. The lowest BCUT2D eigenvalue weighted by Crippen LogP contribution is -2.34. The second kappa shape index (κ2) is 4.88. The smallest absolute Gasteiger partial charge is 0.157 e. The SMILES string of the molecule is O=C(CBr)CN1CCCCC1. The molecule has 0 aromatic heterocycles. The van der Waals surface area contributed by atoms with Crippen LogP contribution in [0.1, 0.15) is 19.3 Å². The van der Waals surface area contributed by atoms with Crippen molar-refractivity contribution in [3.8, 4) is 0 Å². The maximum atomic E-state index is 11.0. The monoisotopic (exact) mass is 219 g/mol. The van der Waals surface area contributed by atoms with E-state index in [0.717, 1.165) is 13.1 Å². The first-order valence-electron chi connectivity index (χ1n) is 4.13. The first kappa shape index (κ1) is 9.20. The van der Waals surface area contributed by atoms with Crippen molar-refractivity contribution in [2.45, 2.75) is 19.3 Å². The van der Waals surface area contributed by atoms with Crippen LogP contribution in [-0.4, -0.2) is 35.6 Å². The molecule has 0 saturated carbocycles. The zero-order chi connectivity index (χ0) is 8.10. The summed E-state index contributed by atoms with van der Waals surface area (Å²) in [7, 11) is 0. The van der Waals surface area contributed by atoms with Gasteiger partial charge in [-0.3, -0.25) is 9.69 Å². The quantitative estimate of drug-likeness (QED) is 0.670. The molecule has 1 aliphatic rings. The summed E-state index contributed by atoms with van der Waals surface area (Å²) < 4.78 is 0. The van der Waals surface area contributed by atoms with E-state index in [1.54, 1.807) is 0 Å². The van der Waals surface area contributed by atoms with E-state index in [4.69, 9.17) is 0 Å². The lowest BCUT2D eigenvalue weighted by Gasteiger charge is -2.25. The van der Waals surface area contributed by atoms with Crippen LogP contribution >= 0.6 is 15.9 Å². The molecule has 1 rings (SSSR count). The molecular weight excluding hydrogens is 206 g/mol. The van der Waals surface area contributed by atoms with Gasteiger partial charge < -0.3 is 0 Å². The highest BCUT2D eigenvalue weighted by atomic mass is 79.9. The van der Waals surface area contributed by atoms with Crippen molar-refractivity contribution in [1.29, 1.82) is 0 Å². The van der Waals surface area contributed by atoms with Crippen LogP contribution in [0.4, 0.5) is 0 Å². The fourth-order valence-corrected chi connectivity index (χ4v) is 1.59. The highest BCUT2D eigenvalue weighted by Gasteiger charge is 2.12. The molecule has 0 aromatic rings. The number of hydrogen-bond donors (Lipinski definition) is 0. The van der Waals surface area contributed by atoms with Gasteiger partial charge in [-0.15, -0.1) is 0 Å². The van der Waals surface area contributed by atoms with Crippen molar-refractivity contribution < 1.29 is 4.79 Å². The van der Waals surface area contributed by atoms with Crippen molar-refractivity contribution in [1.82, 2.24) is 4.90 Å². The van der Waals surface area contributed by atoms with Crippen LogP contribution in [0.2, 0.25) is 0 Å². The summed E-state index contributed by atoms with van der Waals surface area (Å²) in [6.45, 7) is 2.86. The van der Waals surface area contributed by atoms with Crippen LogP contribution in [0, 0.1) is 0 Å². The van der Waals surface area contributed by atoms with E-state index in [2.05, 4.69) is 20.8 Å². The predicted octanol–water partition coefficient (Wildman–Crippen LogP) is 1.44. The Balaban J connectivity index is 2.19. The third-order valence-electron chi connectivity index (χ3n) is 2.00. The molecular formula is C8H14BrNO. The van der Waals surface area contributed by atoms with Gasteiger partial charge in [-0.25, -0.2) is 0 Å². The van der Waals surface area contributed by atoms with Gasteiger partial charge in [-0.2, -0.15) is 0 Å². The number of piperidine rings is 1. The Morgan fingerprint density at radius 3 is 2.45 bits per heavy atom. The van der Waals surface area contributed by atoms with Gasteiger partial charge in [0.05, 0.1) is 11.9 Å². The normalized spacial score (nSPS) is 20.1. The van der Waals surface area contributed by atoms with Crippen LogP contribution in [0.25, 0.3) is 0 Å². The predicted molar refractivity (Wildman–Crippen MR) is 49.1 cm³/mol. The molecule has 1 fully saturated rings. The van der Waals surface area contributed by atoms with Crippen molar-refractivity contribution in [3.63, 3.8) is 0 Å². The summed E-state index contributed by atoms with van der Waals surface area (Å²) >= 11 is 3.17. The Hall–Kier alpha value is 0.110. The van der Waals surface area contributed by atoms with Crippen LogP contribution in [-0.2, 0) is 4.79 Å². The summed E-state index contributed by atoms with van der Waals surface area (Å²) in [5.41, 5.74) is 0. The lowest BCUT2D eigenvalue weighted by atomic mass is 10.1. The van der Waals surface area contributed by atoms with E-state index in [0.29, 0.717) is 17.7 Å². The molecule has 3 heteroatoms. The molecule has 0 unspecified atom stereocenters. The van der Waals surface area contributed by atoms with E-state index < -0.39 is 0 Å². The number of halogens is 1. The highest BCUT2D eigenvalue weighted by Crippen LogP contribution is 2.07. The van der Waals surface area contributed by atoms with Gasteiger partial charge >= 0.3 is 0 Å². The van der Waals surface area contributed by atoms with Gasteiger partial charge in [0.15, 0.2) is 5.78 Å². The van der Waals surface area contributed by atoms with Gasteiger partial charge in [0, 0.05) is 0 Å². The minimum absolute atomic E-state index is 0.298. The second-order valence-corrected chi connectivity index (χ2v) is 3.57. The van der Waals surface area contributed by atoms with E-state index in [1.165, 1.54) is 19.3 Å². The fraction of sp³-hybridized carbons (Fsp3) is 0.875. The number of carbonyl (C=O) groups is 1. The molecule has 0 spiro atoms. The molecule has 1 saturated heterocycles. The molecule has 0 amide bonds. The van der Waals surface area contributed by atoms with Gasteiger partial charge in [-0.05, 0) is 25.9 Å². The molecule has 0 N–H and O–H groups in total. The number of likely N-dealkylation sites (tertiary alicyclic amines) is 1. The zero-order valence-corrected chi connectivity index (χ0v) is 8.27. The zero-order valence-electron chi connectivity index (χ0n) is 6.68. The van der Waals surface area contributed by atoms with Crippen molar-refractivity contribution in [2.75, 3.05) is 25.0 Å². The Labute approximate surface area is 76.1 Å². The van der Waals surface area contributed by atoms with Gasteiger partial charge in [-0.1, -0.05) is 22.4 Å². The highest BCUT2D eigenvalue weighted by molar-refractivity contribution is 9.09. The molecule has 0 bridgehead atoms. The molecule has 11 heavy (non-hydrogen) atoms. The Kier molecular flexibility index (Phi) is 4.08. The van der Waals surface area contributed by atoms with Gasteiger partial charge in [0.2, 0.25) is 0 Å². The number of rotatable bonds is 3. The lowest BCUT2D eigenvalue weighted by molar-refractivity contribution is -0.117. The molecule has 0 atom stereocenters. The van der Waals surface area contributed by atoms with E-state index in [-0.39, 0.29) is 0 Å². The first-order chi connectivity index (χ1) is 5.33. The van der Waals surface area contributed by atoms with Crippen LogP contribution in [0.3, 0.4) is 0 Å². The van der Waals surface area contributed by atoms with Crippen molar-refractivity contribution in [2.24, 2.45) is 0 Å². The van der Waals surface area contributed by atoms with E-state index in [9.17, 15) is 4.79 Å². The fourth-order valence-electron chi connectivity index (χ4n) is 1.41.